The predicted molar refractivity (Wildman–Crippen MR) is 64.9 cm³/mol. The van der Waals surface area contributed by atoms with E-state index in [1.54, 1.807) is 13.0 Å². The van der Waals surface area contributed by atoms with E-state index in [4.69, 9.17) is 5.73 Å². The number of hydrogen-bond donors (Lipinski definition) is 2. The Bertz CT molecular complexity index is 594. The van der Waals surface area contributed by atoms with Crippen LogP contribution >= 0.6 is 15.9 Å². The zero-order valence-corrected chi connectivity index (χ0v) is 10.5. The summed E-state index contributed by atoms with van der Waals surface area (Å²) in [6.07, 6.45) is 0. The van der Waals surface area contributed by atoms with Gasteiger partial charge < -0.3 is 10.7 Å². The van der Waals surface area contributed by atoms with Gasteiger partial charge in [0, 0.05) is 5.56 Å². The first-order chi connectivity index (χ1) is 7.99. The number of halogens is 2. The average molecular weight is 298 g/mol. The van der Waals surface area contributed by atoms with E-state index in [9.17, 15) is 9.18 Å². The van der Waals surface area contributed by atoms with E-state index in [-0.39, 0.29) is 5.56 Å². The number of amides is 1. The fourth-order valence-corrected chi connectivity index (χ4v) is 2.12. The minimum Gasteiger partial charge on any atom is -0.366 e. The van der Waals surface area contributed by atoms with E-state index >= 15 is 0 Å². The molecule has 6 heteroatoms. The van der Waals surface area contributed by atoms with Crippen molar-refractivity contribution in [1.29, 1.82) is 0 Å². The van der Waals surface area contributed by atoms with Crippen LogP contribution in [0.3, 0.4) is 0 Å². The summed E-state index contributed by atoms with van der Waals surface area (Å²) in [6, 6.07) is 4.19. The maximum Gasteiger partial charge on any atom is 0.251 e. The van der Waals surface area contributed by atoms with Gasteiger partial charge in [-0.05, 0) is 35.0 Å². The third kappa shape index (κ3) is 2.21. The molecule has 0 aliphatic carbocycles. The Morgan fingerprint density at radius 1 is 1.53 bits per heavy atom. The predicted octanol–water partition coefficient (Wildman–Crippen LogP) is 2.39. The highest BCUT2D eigenvalue weighted by molar-refractivity contribution is 9.10. The molecule has 1 aromatic carbocycles. The van der Waals surface area contributed by atoms with Gasteiger partial charge in [-0.1, -0.05) is 6.07 Å². The topological polar surface area (TPSA) is 71.8 Å². The maximum atomic E-state index is 13.6. The molecule has 0 spiro atoms. The number of nitrogens with zero attached hydrogens (tertiary/aromatic N) is 1. The van der Waals surface area contributed by atoms with Crippen molar-refractivity contribution in [3.8, 4) is 11.3 Å². The van der Waals surface area contributed by atoms with Gasteiger partial charge in [0.2, 0.25) is 0 Å². The van der Waals surface area contributed by atoms with Gasteiger partial charge in [0.05, 0.1) is 5.56 Å². The molecular weight excluding hydrogens is 289 g/mol. The minimum absolute atomic E-state index is 0.128. The van der Waals surface area contributed by atoms with Gasteiger partial charge in [-0.3, -0.25) is 4.79 Å². The standard InChI is InChI=1S/C11H9BrFN3O/c1-5-15-9(10(12)16-5)6-2-3-7(11(14)17)8(13)4-6/h2-4H,1H3,(H2,14,17)(H,15,16). The van der Waals surface area contributed by atoms with E-state index in [1.165, 1.54) is 12.1 Å². The first-order valence-electron chi connectivity index (χ1n) is 4.81. The molecule has 0 aliphatic heterocycles. The Kier molecular flexibility index (Phi) is 2.97. The number of carbonyl (C=O) groups is 1. The van der Waals surface area contributed by atoms with Crippen molar-refractivity contribution in [3.63, 3.8) is 0 Å². The summed E-state index contributed by atoms with van der Waals surface area (Å²) in [5.41, 5.74) is 6.07. The minimum atomic E-state index is -0.786. The van der Waals surface area contributed by atoms with Gasteiger partial charge in [-0.25, -0.2) is 9.37 Å². The summed E-state index contributed by atoms with van der Waals surface area (Å²) in [5.74, 6) is -0.722. The van der Waals surface area contributed by atoms with Gasteiger partial charge in [0.15, 0.2) is 0 Å². The molecule has 0 bridgehead atoms. The van der Waals surface area contributed by atoms with Gasteiger partial charge >= 0.3 is 0 Å². The highest BCUT2D eigenvalue weighted by atomic mass is 79.9. The zero-order valence-electron chi connectivity index (χ0n) is 8.92. The number of aryl methyl sites for hydroxylation is 1. The molecule has 3 N–H and O–H groups in total. The molecule has 1 heterocycles. The van der Waals surface area contributed by atoms with Crippen molar-refractivity contribution >= 4 is 21.8 Å². The fourth-order valence-electron chi connectivity index (χ4n) is 1.52. The molecular formula is C11H9BrFN3O. The molecule has 0 atom stereocenters. The largest absolute Gasteiger partial charge is 0.366 e. The molecule has 1 amide bonds. The third-order valence-corrected chi connectivity index (χ3v) is 2.86. The zero-order chi connectivity index (χ0) is 12.6. The van der Waals surface area contributed by atoms with Crippen molar-refractivity contribution in [2.24, 2.45) is 5.73 Å². The molecule has 4 nitrogen and oxygen atoms in total. The molecule has 2 rings (SSSR count). The number of imidazole rings is 1. The smallest absolute Gasteiger partial charge is 0.251 e. The number of aromatic amines is 1. The van der Waals surface area contributed by atoms with Gasteiger partial charge in [-0.2, -0.15) is 0 Å². The van der Waals surface area contributed by atoms with Gasteiger partial charge in [0.25, 0.3) is 5.91 Å². The molecule has 0 saturated carbocycles. The van der Waals surface area contributed by atoms with Crippen LogP contribution < -0.4 is 5.73 Å². The summed E-state index contributed by atoms with van der Waals surface area (Å²) in [4.78, 5) is 18.1. The molecule has 0 radical (unpaired) electrons. The lowest BCUT2D eigenvalue weighted by atomic mass is 10.1. The first kappa shape index (κ1) is 11.8. The number of H-pyrrole nitrogens is 1. The Balaban J connectivity index is 2.51. The maximum absolute atomic E-state index is 13.6. The highest BCUT2D eigenvalue weighted by Crippen LogP contribution is 2.27. The molecule has 0 aliphatic rings. The van der Waals surface area contributed by atoms with E-state index < -0.39 is 11.7 Å². The van der Waals surface area contributed by atoms with Crippen LogP contribution in [0.25, 0.3) is 11.3 Å². The molecule has 17 heavy (non-hydrogen) atoms. The Labute approximate surface area is 105 Å². The number of primary amides is 1. The number of carbonyl (C=O) groups excluding carboxylic acids is 1. The third-order valence-electron chi connectivity index (χ3n) is 2.29. The second-order valence-electron chi connectivity index (χ2n) is 3.54. The number of aromatic nitrogens is 2. The van der Waals surface area contributed by atoms with Crippen molar-refractivity contribution < 1.29 is 9.18 Å². The average Bonchev–Trinajstić information content (AvgIpc) is 2.57. The number of nitrogens with two attached hydrogens (primary N) is 1. The molecule has 2 aromatic rings. The second kappa shape index (κ2) is 4.29. The summed E-state index contributed by atoms with van der Waals surface area (Å²) in [5, 5.41) is 0. The SMILES string of the molecule is Cc1nc(-c2ccc(C(N)=O)c(F)c2)c(Br)[nH]1. The van der Waals surface area contributed by atoms with Gasteiger partial charge in [0.1, 0.15) is 21.9 Å². The summed E-state index contributed by atoms with van der Waals surface area (Å²) >= 11 is 3.29. The quantitative estimate of drug-likeness (QED) is 0.893. The molecule has 0 saturated heterocycles. The Hall–Kier alpha value is -1.69. The first-order valence-corrected chi connectivity index (χ1v) is 5.60. The van der Waals surface area contributed by atoms with E-state index in [1.807, 2.05) is 0 Å². The van der Waals surface area contributed by atoms with Crippen LogP contribution in [-0.4, -0.2) is 15.9 Å². The van der Waals surface area contributed by atoms with E-state index in [2.05, 4.69) is 25.9 Å². The number of hydrogen-bond acceptors (Lipinski definition) is 2. The van der Waals surface area contributed by atoms with Crippen LogP contribution in [0.5, 0.6) is 0 Å². The lowest BCUT2D eigenvalue weighted by Crippen LogP contribution is -2.12. The molecule has 0 fully saturated rings. The summed E-state index contributed by atoms with van der Waals surface area (Å²) < 4.78 is 14.2. The van der Waals surface area contributed by atoms with Crippen molar-refractivity contribution in [2.45, 2.75) is 6.92 Å². The van der Waals surface area contributed by atoms with Gasteiger partial charge in [-0.15, -0.1) is 0 Å². The van der Waals surface area contributed by atoms with Crippen LogP contribution in [-0.2, 0) is 0 Å². The van der Waals surface area contributed by atoms with Crippen molar-refractivity contribution in [3.05, 3.63) is 40.0 Å². The molecule has 88 valence electrons. The summed E-state index contributed by atoms with van der Waals surface area (Å²) in [6.45, 7) is 1.79. The normalized spacial score (nSPS) is 10.5. The van der Waals surface area contributed by atoms with Crippen LogP contribution in [0.4, 0.5) is 4.39 Å². The Morgan fingerprint density at radius 2 is 2.24 bits per heavy atom. The van der Waals surface area contributed by atoms with Crippen LogP contribution in [0.1, 0.15) is 16.2 Å². The number of benzene rings is 1. The van der Waals surface area contributed by atoms with Crippen LogP contribution in [0.2, 0.25) is 0 Å². The van der Waals surface area contributed by atoms with E-state index in [0.717, 1.165) is 0 Å². The second-order valence-corrected chi connectivity index (χ2v) is 4.34. The molecule has 0 unspecified atom stereocenters. The molecule has 1 aromatic heterocycles. The van der Waals surface area contributed by atoms with Crippen LogP contribution in [0.15, 0.2) is 22.8 Å². The highest BCUT2D eigenvalue weighted by Gasteiger charge is 2.13. The monoisotopic (exact) mass is 297 g/mol. The lowest BCUT2D eigenvalue weighted by Gasteiger charge is -2.01. The Morgan fingerprint density at radius 3 is 2.71 bits per heavy atom. The lowest BCUT2D eigenvalue weighted by molar-refractivity contribution is 0.0996. The van der Waals surface area contributed by atoms with E-state index in [0.29, 0.717) is 21.7 Å². The fraction of sp³-hybridized carbons (Fsp3) is 0.0909. The summed E-state index contributed by atoms with van der Waals surface area (Å²) in [7, 11) is 0. The number of rotatable bonds is 2. The van der Waals surface area contributed by atoms with Crippen LogP contribution in [0, 0.1) is 12.7 Å². The number of nitrogens with one attached hydrogen (secondary N) is 1. The van der Waals surface area contributed by atoms with Crippen molar-refractivity contribution in [2.75, 3.05) is 0 Å². The van der Waals surface area contributed by atoms with Crippen molar-refractivity contribution in [1.82, 2.24) is 9.97 Å².